The van der Waals surface area contributed by atoms with Gasteiger partial charge in [-0.05, 0) is 37.6 Å². The Hall–Kier alpha value is -2.65. The summed E-state index contributed by atoms with van der Waals surface area (Å²) in [6.45, 7) is 4.57. The Morgan fingerprint density at radius 2 is 2.04 bits per heavy atom. The third kappa shape index (κ3) is 3.81. The van der Waals surface area contributed by atoms with Crippen LogP contribution >= 0.6 is 11.6 Å². The zero-order chi connectivity index (χ0) is 20.4. The molecule has 1 aliphatic rings. The maximum absolute atomic E-state index is 14.5. The van der Waals surface area contributed by atoms with Gasteiger partial charge in [0, 0.05) is 37.3 Å². The number of likely N-dealkylation sites (tertiary alicyclic amines) is 1. The molecule has 1 amide bonds. The fourth-order valence-electron chi connectivity index (χ4n) is 3.46. The Morgan fingerprint density at radius 3 is 2.64 bits per heavy atom. The third-order valence-corrected chi connectivity index (χ3v) is 5.43. The molecular formula is C21H20ClF2N3O. The summed E-state index contributed by atoms with van der Waals surface area (Å²) < 4.78 is 28.5. The molecule has 0 unspecified atom stereocenters. The van der Waals surface area contributed by atoms with Crippen LogP contribution in [0, 0.1) is 29.9 Å². The number of nitriles is 1. The highest BCUT2D eigenvalue weighted by molar-refractivity contribution is 6.32. The molecular weight excluding hydrogens is 384 g/mol. The number of halogens is 3. The van der Waals surface area contributed by atoms with Gasteiger partial charge in [0.2, 0.25) is 5.91 Å². The second-order valence-electron chi connectivity index (χ2n) is 6.86. The summed E-state index contributed by atoms with van der Waals surface area (Å²) >= 11 is 6.18. The van der Waals surface area contributed by atoms with Crippen LogP contribution in [-0.4, -0.2) is 29.9 Å². The zero-order valence-electron chi connectivity index (χ0n) is 15.7. The number of rotatable bonds is 5. The van der Waals surface area contributed by atoms with E-state index < -0.39 is 11.6 Å². The molecule has 0 aliphatic carbocycles. The normalized spacial score (nSPS) is 16.4. The van der Waals surface area contributed by atoms with Crippen LogP contribution in [0.5, 0.6) is 0 Å². The molecule has 1 heterocycles. The predicted molar refractivity (Wildman–Crippen MR) is 104 cm³/mol. The van der Waals surface area contributed by atoms with Crippen LogP contribution in [0.1, 0.15) is 30.0 Å². The third-order valence-electron chi connectivity index (χ3n) is 5.12. The Kier molecular flexibility index (Phi) is 5.85. The van der Waals surface area contributed by atoms with Crippen molar-refractivity contribution in [2.24, 2.45) is 0 Å². The van der Waals surface area contributed by atoms with Gasteiger partial charge in [-0.2, -0.15) is 5.26 Å². The van der Waals surface area contributed by atoms with Gasteiger partial charge >= 0.3 is 0 Å². The van der Waals surface area contributed by atoms with E-state index in [1.807, 2.05) is 17.9 Å². The van der Waals surface area contributed by atoms with E-state index in [0.717, 1.165) is 0 Å². The first kappa shape index (κ1) is 20.1. The van der Waals surface area contributed by atoms with Crippen LogP contribution in [0.2, 0.25) is 5.02 Å². The molecule has 146 valence electrons. The zero-order valence-corrected chi connectivity index (χ0v) is 16.4. The minimum absolute atomic E-state index is 0.0211. The van der Waals surface area contributed by atoms with Crippen molar-refractivity contribution in [2.45, 2.75) is 32.9 Å². The van der Waals surface area contributed by atoms with Gasteiger partial charge in [-0.3, -0.25) is 4.79 Å². The van der Waals surface area contributed by atoms with Crippen molar-refractivity contribution in [1.82, 2.24) is 4.90 Å². The SMILES string of the molecule is CCN1C[C@@H](N(Cc2ccc(C)c(F)c2F)c2ccc(C#N)c(Cl)c2)CC1=O. The highest BCUT2D eigenvalue weighted by Crippen LogP contribution is 2.30. The van der Waals surface area contributed by atoms with Crippen molar-refractivity contribution in [3.05, 3.63) is 63.7 Å². The Labute approximate surface area is 167 Å². The first-order valence-electron chi connectivity index (χ1n) is 9.03. The fourth-order valence-corrected chi connectivity index (χ4v) is 3.68. The van der Waals surface area contributed by atoms with E-state index in [0.29, 0.717) is 24.3 Å². The van der Waals surface area contributed by atoms with Crippen LogP contribution in [0.15, 0.2) is 30.3 Å². The topological polar surface area (TPSA) is 47.3 Å². The average Bonchev–Trinajstić information content (AvgIpc) is 3.06. The first-order chi connectivity index (χ1) is 13.3. The summed E-state index contributed by atoms with van der Waals surface area (Å²) in [7, 11) is 0. The number of carbonyl (C=O) groups is 1. The van der Waals surface area contributed by atoms with Crippen LogP contribution in [0.4, 0.5) is 14.5 Å². The number of anilines is 1. The van der Waals surface area contributed by atoms with Gasteiger partial charge in [-0.25, -0.2) is 8.78 Å². The monoisotopic (exact) mass is 403 g/mol. The van der Waals surface area contributed by atoms with Crippen molar-refractivity contribution >= 4 is 23.2 Å². The lowest BCUT2D eigenvalue weighted by Crippen LogP contribution is -2.37. The van der Waals surface area contributed by atoms with E-state index in [4.69, 9.17) is 16.9 Å². The van der Waals surface area contributed by atoms with Gasteiger partial charge in [0.25, 0.3) is 0 Å². The summed E-state index contributed by atoms with van der Waals surface area (Å²) in [6, 6.07) is 9.82. The molecule has 0 aromatic heterocycles. The largest absolute Gasteiger partial charge is 0.362 e. The van der Waals surface area contributed by atoms with Gasteiger partial charge in [0.15, 0.2) is 11.6 Å². The summed E-state index contributed by atoms with van der Waals surface area (Å²) in [5.41, 5.74) is 1.42. The molecule has 1 saturated heterocycles. The van der Waals surface area contributed by atoms with Gasteiger partial charge in [0.1, 0.15) is 6.07 Å². The van der Waals surface area contributed by atoms with Crippen LogP contribution in [-0.2, 0) is 11.3 Å². The van der Waals surface area contributed by atoms with Crippen molar-refractivity contribution in [2.75, 3.05) is 18.0 Å². The van der Waals surface area contributed by atoms with Gasteiger partial charge in [-0.15, -0.1) is 0 Å². The fraction of sp³-hybridized carbons (Fsp3) is 0.333. The standard InChI is InChI=1S/C21H20ClF2N3O/c1-3-26-12-17(9-19(26)28)27(16-7-6-14(10-25)18(22)8-16)11-15-5-4-13(2)20(23)21(15)24/h4-8,17H,3,9,11-12H2,1-2H3/t17-/m0/s1. The molecule has 0 N–H and O–H groups in total. The highest BCUT2D eigenvalue weighted by Gasteiger charge is 2.33. The Morgan fingerprint density at radius 1 is 1.29 bits per heavy atom. The molecule has 1 fully saturated rings. The van der Waals surface area contributed by atoms with E-state index in [-0.39, 0.29) is 41.1 Å². The first-order valence-corrected chi connectivity index (χ1v) is 9.41. The molecule has 0 bridgehead atoms. The van der Waals surface area contributed by atoms with Gasteiger partial charge < -0.3 is 9.80 Å². The summed E-state index contributed by atoms with van der Waals surface area (Å²) in [4.78, 5) is 15.8. The lowest BCUT2D eigenvalue weighted by atomic mass is 10.1. The van der Waals surface area contributed by atoms with E-state index in [9.17, 15) is 13.6 Å². The number of amides is 1. The Balaban J connectivity index is 2.00. The van der Waals surface area contributed by atoms with E-state index >= 15 is 0 Å². The number of nitrogens with zero attached hydrogens (tertiary/aromatic N) is 3. The second kappa shape index (κ2) is 8.15. The number of carbonyl (C=O) groups excluding carboxylic acids is 1. The molecule has 2 aromatic carbocycles. The number of likely N-dealkylation sites (N-methyl/N-ethyl adjacent to an activating group) is 1. The molecule has 0 spiro atoms. The molecule has 28 heavy (non-hydrogen) atoms. The van der Waals surface area contributed by atoms with Crippen molar-refractivity contribution in [3.8, 4) is 6.07 Å². The van der Waals surface area contributed by atoms with Crippen LogP contribution in [0.3, 0.4) is 0 Å². The lowest BCUT2D eigenvalue weighted by Gasteiger charge is -2.31. The van der Waals surface area contributed by atoms with Crippen molar-refractivity contribution in [1.29, 1.82) is 5.26 Å². The number of hydrogen-bond donors (Lipinski definition) is 0. The summed E-state index contributed by atoms with van der Waals surface area (Å²) in [5.74, 6) is -1.73. The number of aryl methyl sites for hydroxylation is 1. The second-order valence-corrected chi connectivity index (χ2v) is 7.27. The predicted octanol–water partition coefficient (Wildman–Crippen LogP) is 4.43. The maximum atomic E-state index is 14.5. The lowest BCUT2D eigenvalue weighted by molar-refractivity contribution is -0.127. The highest BCUT2D eigenvalue weighted by atomic mass is 35.5. The van der Waals surface area contributed by atoms with Crippen LogP contribution < -0.4 is 4.90 Å². The molecule has 4 nitrogen and oxygen atoms in total. The molecule has 7 heteroatoms. The van der Waals surface area contributed by atoms with E-state index in [1.165, 1.54) is 13.0 Å². The molecule has 2 aromatic rings. The molecule has 1 atom stereocenters. The van der Waals surface area contributed by atoms with E-state index in [2.05, 4.69) is 0 Å². The minimum atomic E-state index is -0.888. The molecule has 0 radical (unpaired) electrons. The number of hydrogen-bond acceptors (Lipinski definition) is 3. The van der Waals surface area contributed by atoms with Gasteiger partial charge in [0.05, 0.1) is 16.6 Å². The maximum Gasteiger partial charge on any atom is 0.224 e. The quantitative estimate of drug-likeness (QED) is 0.742. The van der Waals surface area contributed by atoms with Gasteiger partial charge in [-0.1, -0.05) is 23.7 Å². The number of benzene rings is 2. The Bertz CT molecular complexity index is 957. The summed E-state index contributed by atoms with van der Waals surface area (Å²) in [5, 5.41) is 9.37. The molecule has 0 saturated carbocycles. The van der Waals surface area contributed by atoms with E-state index in [1.54, 1.807) is 29.2 Å². The van der Waals surface area contributed by atoms with Crippen molar-refractivity contribution in [3.63, 3.8) is 0 Å². The van der Waals surface area contributed by atoms with Crippen LogP contribution in [0.25, 0.3) is 0 Å². The molecule has 1 aliphatic heterocycles. The minimum Gasteiger partial charge on any atom is -0.362 e. The summed E-state index contributed by atoms with van der Waals surface area (Å²) in [6.07, 6.45) is 0.279. The average molecular weight is 404 g/mol. The molecule has 3 rings (SSSR count). The van der Waals surface area contributed by atoms with Crippen molar-refractivity contribution < 1.29 is 13.6 Å². The smallest absolute Gasteiger partial charge is 0.224 e.